The van der Waals surface area contributed by atoms with Gasteiger partial charge in [0.2, 0.25) is 0 Å². The predicted molar refractivity (Wildman–Crippen MR) is 54.2 cm³/mol. The molecule has 0 aromatic carbocycles. The third kappa shape index (κ3) is 2.84. The Morgan fingerprint density at radius 3 is 2.69 bits per heavy atom. The Morgan fingerprint density at radius 1 is 1.54 bits per heavy atom. The molecule has 0 saturated heterocycles. The lowest BCUT2D eigenvalue weighted by Crippen LogP contribution is -2.09. The van der Waals surface area contributed by atoms with Crippen molar-refractivity contribution in [3.8, 4) is 0 Å². The molecular weight excluding hydrogens is 184 g/mol. The Kier molecular flexibility index (Phi) is 3.48. The summed E-state index contributed by atoms with van der Waals surface area (Å²) >= 11 is 1.51. The number of hydrogen-bond donors (Lipinski definition) is 0. The van der Waals surface area contributed by atoms with Gasteiger partial charge >= 0.3 is 5.97 Å². The van der Waals surface area contributed by atoms with E-state index in [4.69, 9.17) is 4.74 Å². The molecule has 0 amide bonds. The average molecular weight is 198 g/mol. The second-order valence-electron chi connectivity index (χ2n) is 3.07. The molecule has 1 aromatic heterocycles. The Labute approximate surface area is 82.5 Å². The standard InChI is InChI=1S/C10H14O2S/c1-4-8-5-6-9(13-8)10(11)12-7(2)3/h5-7H,4H2,1-3H3. The van der Waals surface area contributed by atoms with E-state index < -0.39 is 0 Å². The van der Waals surface area contributed by atoms with Gasteiger partial charge in [0.15, 0.2) is 0 Å². The van der Waals surface area contributed by atoms with Crippen LogP contribution in [0.3, 0.4) is 0 Å². The Bertz CT molecular complexity index is 289. The minimum absolute atomic E-state index is 0.0420. The van der Waals surface area contributed by atoms with Crippen molar-refractivity contribution in [3.05, 3.63) is 21.9 Å². The van der Waals surface area contributed by atoms with Crippen LogP contribution in [0.4, 0.5) is 0 Å². The summed E-state index contributed by atoms with van der Waals surface area (Å²) in [6.45, 7) is 5.78. The van der Waals surface area contributed by atoms with Gasteiger partial charge in [-0.25, -0.2) is 4.79 Å². The molecule has 0 aliphatic carbocycles. The fraction of sp³-hybridized carbons (Fsp3) is 0.500. The van der Waals surface area contributed by atoms with Gasteiger partial charge in [-0.3, -0.25) is 0 Å². The fourth-order valence-corrected chi connectivity index (χ4v) is 1.78. The van der Waals surface area contributed by atoms with E-state index in [0.717, 1.165) is 6.42 Å². The van der Waals surface area contributed by atoms with E-state index in [1.807, 2.05) is 26.0 Å². The first kappa shape index (κ1) is 10.3. The monoisotopic (exact) mass is 198 g/mol. The zero-order chi connectivity index (χ0) is 9.84. The van der Waals surface area contributed by atoms with Crippen molar-refractivity contribution in [2.24, 2.45) is 0 Å². The van der Waals surface area contributed by atoms with Crippen LogP contribution in [0.1, 0.15) is 35.3 Å². The zero-order valence-electron chi connectivity index (χ0n) is 8.16. The number of carbonyl (C=O) groups is 1. The molecule has 1 aromatic rings. The van der Waals surface area contributed by atoms with Crippen molar-refractivity contribution in [2.75, 3.05) is 0 Å². The molecule has 0 saturated carbocycles. The largest absolute Gasteiger partial charge is 0.459 e. The number of carbonyl (C=O) groups excluding carboxylic acids is 1. The molecular formula is C10H14O2S. The molecule has 0 spiro atoms. The van der Waals surface area contributed by atoms with E-state index >= 15 is 0 Å². The number of esters is 1. The fourth-order valence-electron chi connectivity index (χ4n) is 0.950. The third-order valence-electron chi connectivity index (χ3n) is 1.55. The topological polar surface area (TPSA) is 26.3 Å². The molecule has 1 rings (SSSR count). The van der Waals surface area contributed by atoms with E-state index in [0.29, 0.717) is 4.88 Å². The first-order valence-corrected chi connectivity index (χ1v) is 5.24. The summed E-state index contributed by atoms with van der Waals surface area (Å²) in [7, 11) is 0. The number of ether oxygens (including phenoxy) is 1. The van der Waals surface area contributed by atoms with Crippen LogP contribution in [0.15, 0.2) is 12.1 Å². The molecule has 0 atom stereocenters. The molecule has 2 nitrogen and oxygen atoms in total. The maximum absolute atomic E-state index is 11.4. The zero-order valence-corrected chi connectivity index (χ0v) is 8.98. The van der Waals surface area contributed by atoms with Crippen molar-refractivity contribution < 1.29 is 9.53 Å². The highest BCUT2D eigenvalue weighted by atomic mass is 32.1. The van der Waals surface area contributed by atoms with Crippen molar-refractivity contribution in [2.45, 2.75) is 33.3 Å². The first-order valence-electron chi connectivity index (χ1n) is 4.43. The summed E-state index contributed by atoms with van der Waals surface area (Å²) in [5.74, 6) is -0.209. The SMILES string of the molecule is CCc1ccc(C(=O)OC(C)C)s1. The van der Waals surface area contributed by atoms with Crippen LogP contribution in [0.5, 0.6) is 0 Å². The van der Waals surface area contributed by atoms with Gasteiger partial charge in [-0.05, 0) is 32.4 Å². The summed E-state index contributed by atoms with van der Waals surface area (Å²) in [5.41, 5.74) is 0. The lowest BCUT2D eigenvalue weighted by atomic mass is 10.3. The lowest BCUT2D eigenvalue weighted by molar-refractivity contribution is 0.0384. The molecule has 72 valence electrons. The van der Waals surface area contributed by atoms with Crippen LogP contribution in [0.25, 0.3) is 0 Å². The Hall–Kier alpha value is -0.830. The highest BCUT2D eigenvalue weighted by Crippen LogP contribution is 2.18. The molecule has 13 heavy (non-hydrogen) atoms. The summed E-state index contributed by atoms with van der Waals surface area (Å²) in [4.78, 5) is 13.3. The van der Waals surface area contributed by atoms with E-state index in [-0.39, 0.29) is 12.1 Å². The third-order valence-corrected chi connectivity index (χ3v) is 2.76. The van der Waals surface area contributed by atoms with Crippen LogP contribution in [-0.2, 0) is 11.2 Å². The molecule has 0 aliphatic rings. The smallest absolute Gasteiger partial charge is 0.348 e. The van der Waals surface area contributed by atoms with E-state index in [9.17, 15) is 4.79 Å². The highest BCUT2D eigenvalue weighted by Gasteiger charge is 2.11. The van der Waals surface area contributed by atoms with E-state index in [1.165, 1.54) is 16.2 Å². The minimum atomic E-state index is -0.209. The van der Waals surface area contributed by atoms with Gasteiger partial charge < -0.3 is 4.74 Å². The number of rotatable bonds is 3. The summed E-state index contributed by atoms with van der Waals surface area (Å²) in [6.07, 6.45) is 0.930. The predicted octanol–water partition coefficient (Wildman–Crippen LogP) is 2.88. The van der Waals surface area contributed by atoms with Crippen molar-refractivity contribution in [1.29, 1.82) is 0 Å². The van der Waals surface area contributed by atoms with Gasteiger partial charge in [0.05, 0.1) is 6.10 Å². The van der Waals surface area contributed by atoms with Gasteiger partial charge in [0.1, 0.15) is 4.88 Å². The lowest BCUT2D eigenvalue weighted by Gasteiger charge is -2.05. The number of aryl methyl sites for hydroxylation is 1. The van der Waals surface area contributed by atoms with Gasteiger partial charge in [0.25, 0.3) is 0 Å². The van der Waals surface area contributed by atoms with Crippen LogP contribution >= 0.6 is 11.3 Å². The maximum Gasteiger partial charge on any atom is 0.348 e. The minimum Gasteiger partial charge on any atom is -0.459 e. The highest BCUT2D eigenvalue weighted by molar-refractivity contribution is 7.13. The van der Waals surface area contributed by atoms with Crippen LogP contribution in [0, 0.1) is 0 Å². The number of hydrogen-bond acceptors (Lipinski definition) is 3. The van der Waals surface area contributed by atoms with Crippen molar-refractivity contribution in [3.63, 3.8) is 0 Å². The second-order valence-corrected chi connectivity index (χ2v) is 4.24. The van der Waals surface area contributed by atoms with E-state index in [1.54, 1.807) is 0 Å². The average Bonchev–Trinajstić information content (AvgIpc) is 2.50. The van der Waals surface area contributed by atoms with Crippen LogP contribution in [0.2, 0.25) is 0 Å². The normalized spacial score (nSPS) is 10.5. The van der Waals surface area contributed by atoms with Crippen molar-refractivity contribution in [1.82, 2.24) is 0 Å². The quantitative estimate of drug-likeness (QED) is 0.698. The summed E-state index contributed by atoms with van der Waals surface area (Å²) in [5, 5.41) is 0. The Morgan fingerprint density at radius 2 is 2.23 bits per heavy atom. The number of thiophene rings is 1. The molecule has 0 unspecified atom stereocenters. The molecule has 0 aliphatic heterocycles. The van der Waals surface area contributed by atoms with Gasteiger partial charge in [-0.1, -0.05) is 6.92 Å². The molecule has 0 N–H and O–H groups in total. The van der Waals surface area contributed by atoms with Gasteiger partial charge in [0, 0.05) is 4.88 Å². The maximum atomic E-state index is 11.4. The molecule has 0 radical (unpaired) electrons. The second kappa shape index (κ2) is 4.42. The van der Waals surface area contributed by atoms with E-state index in [2.05, 4.69) is 6.92 Å². The Balaban J connectivity index is 2.66. The molecule has 3 heteroatoms. The first-order chi connectivity index (χ1) is 6.13. The molecule has 0 fully saturated rings. The van der Waals surface area contributed by atoms with Gasteiger partial charge in [-0.15, -0.1) is 11.3 Å². The molecule has 1 heterocycles. The van der Waals surface area contributed by atoms with Crippen LogP contribution in [-0.4, -0.2) is 12.1 Å². The molecule has 0 bridgehead atoms. The van der Waals surface area contributed by atoms with Crippen LogP contribution < -0.4 is 0 Å². The summed E-state index contributed by atoms with van der Waals surface area (Å²) < 4.78 is 5.07. The summed E-state index contributed by atoms with van der Waals surface area (Å²) in [6, 6.07) is 3.80. The van der Waals surface area contributed by atoms with Crippen molar-refractivity contribution >= 4 is 17.3 Å². The van der Waals surface area contributed by atoms with Gasteiger partial charge in [-0.2, -0.15) is 0 Å².